The molecule has 5 fully saturated rings. The van der Waals surface area contributed by atoms with Crippen molar-refractivity contribution in [2.24, 2.45) is 4.99 Å². The van der Waals surface area contributed by atoms with Gasteiger partial charge in [-0.25, -0.2) is 4.79 Å². The van der Waals surface area contributed by atoms with E-state index in [1.165, 1.54) is 31.2 Å². The molecule has 1 aromatic heterocycles. The molecule has 0 amide bonds. The first-order valence-corrected chi connectivity index (χ1v) is 24.9. The van der Waals surface area contributed by atoms with E-state index in [0.29, 0.717) is 36.1 Å². The third-order valence-corrected chi connectivity index (χ3v) is 15.7. The number of ketones is 1. The zero-order chi connectivity index (χ0) is 50.8. The molecule has 19 heteroatoms. The highest BCUT2D eigenvalue weighted by molar-refractivity contribution is 6.21. The van der Waals surface area contributed by atoms with Crippen LogP contribution in [0.25, 0.3) is 33.4 Å². The maximum Gasteiger partial charge on any atom is 0.344 e. The van der Waals surface area contributed by atoms with Crippen molar-refractivity contribution in [3.8, 4) is 11.5 Å². The number of hydrogen-bond donors (Lipinski definition) is 7. The van der Waals surface area contributed by atoms with E-state index in [-0.39, 0.29) is 69.2 Å². The van der Waals surface area contributed by atoms with Gasteiger partial charge in [-0.2, -0.15) is 0 Å². The Morgan fingerprint density at radius 1 is 0.722 bits per heavy atom. The fraction of sp³-hybridized carbons (Fsp3) is 0.566. The molecule has 1 saturated carbocycles. The number of Topliss-reactive ketones (excluding diaryl/α,β-unsaturated/α-hetero) is 1. The lowest BCUT2D eigenvalue weighted by atomic mass is 9.59. The summed E-state index contributed by atoms with van der Waals surface area (Å²) in [5, 5.41) is 79.8. The minimum atomic E-state index is -2.42. The summed E-state index contributed by atoms with van der Waals surface area (Å²) >= 11 is 0. The molecule has 19 nitrogen and oxygen atoms in total. The molecule has 0 radical (unpaired) electrons. The molecular formula is C53H61NO18. The maximum atomic E-state index is 15.0. The maximum absolute atomic E-state index is 15.0. The van der Waals surface area contributed by atoms with Crippen LogP contribution in [-0.4, -0.2) is 145 Å². The van der Waals surface area contributed by atoms with Crippen molar-refractivity contribution in [3.05, 3.63) is 74.8 Å². The summed E-state index contributed by atoms with van der Waals surface area (Å²) in [4.78, 5) is 34.0. The van der Waals surface area contributed by atoms with Crippen molar-refractivity contribution in [3.63, 3.8) is 0 Å². The SMILES string of the molecule is CC1OC(OC2CC(OC3CCC(O[C@]45C(=O)C[C@](C)(O)C[C@@]4(O)C=Cc4c5c5oc(=O)c(=C6C=Nc7ccccc76)c6ccc(O)c(c4O)c56)OC3C)OC(C)C2O)CCC1OC1CC(O)C(O)C(C)O1. The van der Waals surface area contributed by atoms with Gasteiger partial charge in [-0.3, -0.25) is 9.79 Å². The quantitative estimate of drug-likeness (QED) is 0.124. The number of carbonyl (C=O) groups is 1. The van der Waals surface area contributed by atoms with Gasteiger partial charge in [0.15, 0.2) is 36.5 Å². The number of nitrogens with zero attached hydrogens (tertiary/aromatic N) is 1. The topological polar surface area (TPSA) is 275 Å². The monoisotopic (exact) mass is 999 g/mol. The summed E-state index contributed by atoms with van der Waals surface area (Å²) in [6, 6.07) is 10.1. The molecule has 6 heterocycles. The zero-order valence-corrected chi connectivity index (χ0v) is 40.5. The number of rotatable bonds is 8. The van der Waals surface area contributed by atoms with Gasteiger partial charge >= 0.3 is 5.63 Å². The second-order valence-electron chi connectivity index (χ2n) is 20.9. The molecule has 72 heavy (non-hydrogen) atoms. The number of para-hydroxylation sites is 1. The molecule has 4 aromatic rings. The zero-order valence-electron chi connectivity index (χ0n) is 40.5. The smallest absolute Gasteiger partial charge is 0.344 e. The van der Waals surface area contributed by atoms with Crippen molar-refractivity contribution in [2.75, 3.05) is 0 Å². The normalized spacial score (nSPS) is 40.6. The molecule has 3 aromatic carbocycles. The first-order valence-electron chi connectivity index (χ1n) is 24.9. The first-order chi connectivity index (χ1) is 34.3. The second-order valence-corrected chi connectivity index (χ2v) is 20.9. The van der Waals surface area contributed by atoms with E-state index < -0.39 is 127 Å². The van der Waals surface area contributed by atoms with Crippen LogP contribution >= 0.6 is 0 Å². The number of aliphatic imine (C=N–C) groups is 1. The van der Waals surface area contributed by atoms with Crippen LogP contribution in [0.1, 0.15) is 103 Å². The minimum absolute atomic E-state index is 0.0407. The Labute approximate surface area is 413 Å². The number of fused-ring (bicyclic) bond motifs is 5. The molecule has 0 spiro atoms. The largest absolute Gasteiger partial charge is 0.507 e. The Hall–Kier alpha value is -4.71. The molecule has 0 bridgehead atoms. The van der Waals surface area contributed by atoms with E-state index in [4.69, 9.17) is 42.3 Å². The number of aliphatic hydroxyl groups excluding tert-OH is 3. The van der Waals surface area contributed by atoms with Gasteiger partial charge in [0, 0.05) is 77.8 Å². The Morgan fingerprint density at radius 2 is 1.36 bits per heavy atom. The third-order valence-electron chi connectivity index (χ3n) is 15.7. The summed E-state index contributed by atoms with van der Waals surface area (Å²) in [6.07, 6.45) is -5.38. The van der Waals surface area contributed by atoms with E-state index in [1.807, 2.05) is 25.1 Å². The van der Waals surface area contributed by atoms with E-state index in [1.54, 1.807) is 33.1 Å². The van der Waals surface area contributed by atoms with Gasteiger partial charge in [0.05, 0.1) is 70.7 Å². The predicted octanol–water partition coefficient (Wildman–Crippen LogP) is 3.63. The van der Waals surface area contributed by atoms with Crippen molar-refractivity contribution < 1.29 is 82.9 Å². The van der Waals surface area contributed by atoms with Crippen molar-refractivity contribution in [1.29, 1.82) is 0 Å². The highest BCUT2D eigenvalue weighted by Gasteiger charge is 2.67. The fourth-order valence-electron chi connectivity index (χ4n) is 12.1. The highest BCUT2D eigenvalue weighted by atomic mass is 16.7. The summed E-state index contributed by atoms with van der Waals surface area (Å²) in [7, 11) is 0. The van der Waals surface area contributed by atoms with Crippen molar-refractivity contribution >= 4 is 51.1 Å². The number of hydrogen-bond acceptors (Lipinski definition) is 19. The Bertz CT molecular complexity index is 2960. The standard InChI is InChI=1S/C53H61NO18/c1-23-34(68-40-18-33(56)46(58)25(3)66-40)12-14-38(64-23)70-36-19-41(67-26(4)47(36)59)69-35-13-15-39(65-24(35)2)72-53-37(57)20-51(5,62)22-52(53,63)17-16-29-45(53)49-43-28(10-11-32(55)44(43)48(29)60)42(50(61)71-49)30-21-54-31-9-7-6-8-27(30)31/h6-11,16-17,21,23-26,33-36,38-41,46-47,55-56,58-60,62-63H,12-15,18-20,22H2,1-5H3/t23?,24?,25?,26?,33?,34?,35?,36?,38?,39?,40?,41?,46?,47?,51-,52-,53-/m0/s1. The number of ether oxygens (including phenoxy) is 8. The predicted molar refractivity (Wildman–Crippen MR) is 255 cm³/mol. The molecule has 2 aliphatic carbocycles. The van der Waals surface area contributed by atoms with Crippen LogP contribution in [0.5, 0.6) is 11.5 Å². The number of aromatic hydroxyl groups is 2. The Kier molecular flexibility index (Phi) is 12.6. The van der Waals surface area contributed by atoms with Gasteiger partial charge in [-0.05, 0) is 71.7 Å². The minimum Gasteiger partial charge on any atom is -0.507 e. The van der Waals surface area contributed by atoms with Gasteiger partial charge in [-0.1, -0.05) is 24.3 Å². The second kappa shape index (κ2) is 18.3. The van der Waals surface area contributed by atoms with Gasteiger partial charge in [0.2, 0.25) is 0 Å². The van der Waals surface area contributed by atoms with Crippen LogP contribution < -0.4 is 10.8 Å². The number of phenolic OH excluding ortho intramolecular Hbond substituents is 2. The van der Waals surface area contributed by atoms with Crippen LogP contribution in [0.4, 0.5) is 5.69 Å². The van der Waals surface area contributed by atoms with Crippen molar-refractivity contribution in [2.45, 2.75) is 189 Å². The fourth-order valence-corrected chi connectivity index (χ4v) is 12.1. The van der Waals surface area contributed by atoms with Crippen LogP contribution in [0.2, 0.25) is 0 Å². The lowest BCUT2D eigenvalue weighted by Crippen LogP contribution is -2.67. The van der Waals surface area contributed by atoms with Gasteiger partial charge < -0.3 is 78.1 Å². The average Bonchev–Trinajstić information content (AvgIpc) is 3.74. The number of carbonyl (C=O) groups excluding carboxylic acids is 1. The van der Waals surface area contributed by atoms with Gasteiger partial charge in [0.25, 0.3) is 0 Å². The molecule has 386 valence electrons. The lowest BCUT2D eigenvalue weighted by molar-refractivity contribution is -0.333. The molecule has 7 N–H and O–H groups in total. The third kappa shape index (κ3) is 8.21. The summed E-state index contributed by atoms with van der Waals surface area (Å²) in [6.45, 7) is 8.44. The van der Waals surface area contributed by atoms with Crippen LogP contribution in [-0.2, 0) is 48.3 Å². The summed E-state index contributed by atoms with van der Waals surface area (Å²) in [5.41, 5.74) is -5.87. The summed E-state index contributed by atoms with van der Waals surface area (Å²) < 4.78 is 56.7. The van der Waals surface area contributed by atoms with E-state index in [0.717, 1.165) is 0 Å². The number of benzene rings is 3. The first kappa shape index (κ1) is 49.5. The van der Waals surface area contributed by atoms with Gasteiger partial charge in [-0.15, -0.1) is 0 Å². The Balaban J connectivity index is 0.846. The number of phenols is 2. The van der Waals surface area contributed by atoms with E-state index in [2.05, 4.69) is 4.99 Å². The average molecular weight is 1000 g/mol. The lowest BCUT2D eigenvalue weighted by Gasteiger charge is -2.54. The number of aliphatic hydroxyl groups is 5. The van der Waals surface area contributed by atoms with E-state index in [9.17, 15) is 40.5 Å². The molecule has 17 atom stereocenters. The van der Waals surface area contributed by atoms with E-state index >= 15 is 4.79 Å². The van der Waals surface area contributed by atoms with Gasteiger partial charge in [0.1, 0.15) is 34.9 Å². The molecule has 7 aliphatic rings. The molecule has 14 unspecified atom stereocenters. The Morgan fingerprint density at radius 3 is 2.07 bits per heavy atom. The molecular weight excluding hydrogens is 939 g/mol. The highest BCUT2D eigenvalue weighted by Crippen LogP contribution is 2.58. The van der Waals surface area contributed by atoms with Crippen LogP contribution in [0, 0.1) is 0 Å². The summed E-state index contributed by atoms with van der Waals surface area (Å²) in [5.74, 6) is -1.55. The van der Waals surface area contributed by atoms with Crippen LogP contribution in [0.15, 0.2) is 56.7 Å². The molecule has 11 rings (SSSR count). The molecule has 5 aliphatic heterocycles. The van der Waals surface area contributed by atoms with Crippen LogP contribution in [0.3, 0.4) is 0 Å². The van der Waals surface area contributed by atoms with Crippen molar-refractivity contribution in [1.82, 2.24) is 0 Å². The molecule has 4 saturated heterocycles.